The number of benzene rings is 2. The summed E-state index contributed by atoms with van der Waals surface area (Å²) in [5, 5.41) is 3.95. The average molecular weight is 446 g/mol. The number of para-hydroxylation sites is 2. The molecule has 1 aliphatic rings. The highest BCUT2D eigenvalue weighted by Crippen LogP contribution is 2.22. The van der Waals surface area contributed by atoms with Gasteiger partial charge in [-0.05, 0) is 24.3 Å². The van der Waals surface area contributed by atoms with Crippen molar-refractivity contribution in [1.29, 1.82) is 0 Å². The Balaban J connectivity index is 1.51. The summed E-state index contributed by atoms with van der Waals surface area (Å²) in [6.45, 7) is -0.590. The van der Waals surface area contributed by atoms with Gasteiger partial charge in [-0.2, -0.15) is 0 Å². The minimum absolute atomic E-state index is 0.0648. The Hall–Kier alpha value is -3.59. The Labute approximate surface area is 183 Å². The number of methoxy groups -OCH3 is 1. The summed E-state index contributed by atoms with van der Waals surface area (Å²) < 4.78 is 10.2. The van der Waals surface area contributed by atoms with Gasteiger partial charge < -0.3 is 14.8 Å². The van der Waals surface area contributed by atoms with E-state index in [4.69, 9.17) is 21.1 Å². The van der Waals surface area contributed by atoms with Gasteiger partial charge in [0.25, 0.3) is 11.8 Å². The standard InChI is InChI=1S/C21H20ClN3O6/c1-30-17-9-5-2-6-14(17)20(28)24-25-11-13(10-19(25)27)21(29)31-12-18(26)23-16-8-4-3-7-15(16)22/h2-9,13H,10-12H2,1H3,(H,23,26)(H,24,28)/t13-/m1/s1. The van der Waals surface area contributed by atoms with Crippen molar-refractivity contribution in [2.24, 2.45) is 5.92 Å². The van der Waals surface area contributed by atoms with Crippen LogP contribution in [0.15, 0.2) is 48.5 Å². The number of esters is 1. The molecule has 31 heavy (non-hydrogen) atoms. The minimum atomic E-state index is -0.807. The molecule has 10 heteroatoms. The zero-order valence-electron chi connectivity index (χ0n) is 16.6. The first-order valence-electron chi connectivity index (χ1n) is 9.34. The summed E-state index contributed by atoms with van der Waals surface area (Å²) in [5.41, 5.74) is 3.12. The van der Waals surface area contributed by atoms with E-state index in [0.29, 0.717) is 16.5 Å². The largest absolute Gasteiger partial charge is 0.496 e. The Morgan fingerprint density at radius 2 is 1.84 bits per heavy atom. The van der Waals surface area contributed by atoms with Gasteiger partial charge in [0.1, 0.15) is 5.75 Å². The predicted octanol–water partition coefficient (Wildman–Crippen LogP) is 2.02. The summed E-state index contributed by atoms with van der Waals surface area (Å²) >= 11 is 5.96. The molecule has 0 spiro atoms. The third-order valence-electron chi connectivity index (χ3n) is 4.54. The van der Waals surface area contributed by atoms with E-state index in [1.165, 1.54) is 7.11 Å². The third-order valence-corrected chi connectivity index (χ3v) is 4.87. The van der Waals surface area contributed by atoms with Crippen LogP contribution in [0.4, 0.5) is 5.69 Å². The summed E-state index contributed by atoms with van der Waals surface area (Å²) in [6.07, 6.45) is -0.142. The van der Waals surface area contributed by atoms with Gasteiger partial charge in [-0.3, -0.25) is 29.6 Å². The highest BCUT2D eigenvalue weighted by molar-refractivity contribution is 6.33. The molecule has 1 atom stereocenters. The van der Waals surface area contributed by atoms with Crippen LogP contribution in [0.3, 0.4) is 0 Å². The lowest BCUT2D eigenvalue weighted by Gasteiger charge is -2.18. The second-order valence-electron chi connectivity index (χ2n) is 6.68. The fraction of sp³-hybridized carbons (Fsp3) is 0.238. The van der Waals surface area contributed by atoms with Crippen molar-refractivity contribution in [3.8, 4) is 5.75 Å². The molecule has 2 N–H and O–H groups in total. The van der Waals surface area contributed by atoms with Crippen LogP contribution in [0.5, 0.6) is 5.75 Å². The first kappa shape index (κ1) is 22.1. The smallest absolute Gasteiger partial charge is 0.311 e. The quantitative estimate of drug-likeness (QED) is 0.630. The van der Waals surface area contributed by atoms with Gasteiger partial charge in [0.2, 0.25) is 5.91 Å². The zero-order chi connectivity index (χ0) is 22.4. The summed E-state index contributed by atoms with van der Waals surface area (Å²) in [5.74, 6) is -2.71. The summed E-state index contributed by atoms with van der Waals surface area (Å²) in [4.78, 5) is 48.9. The van der Waals surface area contributed by atoms with E-state index >= 15 is 0 Å². The maximum atomic E-state index is 12.5. The van der Waals surface area contributed by atoms with Gasteiger partial charge in [-0.1, -0.05) is 35.9 Å². The predicted molar refractivity (Wildman–Crippen MR) is 111 cm³/mol. The molecule has 3 rings (SSSR count). The number of hydrogen-bond acceptors (Lipinski definition) is 6. The Kier molecular flexibility index (Phi) is 7.09. The van der Waals surface area contributed by atoms with Gasteiger partial charge in [-0.15, -0.1) is 0 Å². The SMILES string of the molecule is COc1ccccc1C(=O)NN1C[C@H](C(=O)OCC(=O)Nc2ccccc2Cl)CC1=O. The number of rotatable bonds is 7. The fourth-order valence-corrected chi connectivity index (χ4v) is 3.17. The molecule has 2 aromatic carbocycles. The molecule has 3 amide bonds. The number of amides is 3. The molecule has 0 saturated carbocycles. The van der Waals surface area contributed by atoms with Crippen LogP contribution < -0.4 is 15.5 Å². The van der Waals surface area contributed by atoms with Crippen molar-refractivity contribution in [3.63, 3.8) is 0 Å². The molecule has 1 fully saturated rings. The topological polar surface area (TPSA) is 114 Å². The minimum Gasteiger partial charge on any atom is -0.496 e. The fourth-order valence-electron chi connectivity index (χ4n) is 2.99. The van der Waals surface area contributed by atoms with Gasteiger partial charge >= 0.3 is 5.97 Å². The highest BCUT2D eigenvalue weighted by Gasteiger charge is 2.37. The number of halogens is 1. The molecular formula is C21H20ClN3O6. The lowest BCUT2D eigenvalue weighted by molar-refractivity contribution is -0.151. The van der Waals surface area contributed by atoms with E-state index in [-0.39, 0.29) is 18.5 Å². The monoisotopic (exact) mass is 445 g/mol. The zero-order valence-corrected chi connectivity index (χ0v) is 17.3. The number of nitrogens with one attached hydrogen (secondary N) is 2. The van der Waals surface area contributed by atoms with Crippen molar-refractivity contribution in [2.45, 2.75) is 6.42 Å². The first-order valence-corrected chi connectivity index (χ1v) is 9.72. The van der Waals surface area contributed by atoms with Gasteiger partial charge in [-0.25, -0.2) is 0 Å². The van der Waals surface area contributed by atoms with E-state index in [1.807, 2.05) is 0 Å². The lowest BCUT2D eigenvalue weighted by Crippen LogP contribution is -2.43. The molecule has 0 aromatic heterocycles. The van der Waals surface area contributed by atoms with Gasteiger partial charge in [0.15, 0.2) is 6.61 Å². The van der Waals surface area contributed by atoms with E-state index in [1.54, 1.807) is 48.5 Å². The number of hydrogen-bond donors (Lipinski definition) is 2. The number of carbonyl (C=O) groups is 4. The normalized spacial score (nSPS) is 15.4. The summed E-state index contributed by atoms with van der Waals surface area (Å²) in [6, 6.07) is 13.2. The van der Waals surface area contributed by atoms with E-state index in [0.717, 1.165) is 5.01 Å². The Bertz CT molecular complexity index is 1010. The number of anilines is 1. The molecule has 1 saturated heterocycles. The first-order chi connectivity index (χ1) is 14.9. The highest BCUT2D eigenvalue weighted by atomic mass is 35.5. The maximum Gasteiger partial charge on any atom is 0.311 e. The number of carbonyl (C=O) groups excluding carboxylic acids is 4. The summed E-state index contributed by atoms with van der Waals surface area (Å²) in [7, 11) is 1.43. The van der Waals surface area contributed by atoms with Crippen molar-refractivity contribution in [3.05, 3.63) is 59.1 Å². The van der Waals surface area contributed by atoms with Crippen molar-refractivity contribution in [2.75, 3.05) is 25.6 Å². The lowest BCUT2D eigenvalue weighted by atomic mass is 10.1. The van der Waals surface area contributed by atoms with Crippen LogP contribution in [0.2, 0.25) is 5.02 Å². The Morgan fingerprint density at radius 1 is 1.13 bits per heavy atom. The Morgan fingerprint density at radius 3 is 2.58 bits per heavy atom. The molecular weight excluding hydrogens is 426 g/mol. The van der Waals surface area contributed by atoms with Crippen LogP contribution in [0.1, 0.15) is 16.8 Å². The van der Waals surface area contributed by atoms with E-state index < -0.39 is 36.2 Å². The van der Waals surface area contributed by atoms with Gasteiger partial charge in [0.05, 0.1) is 35.8 Å². The maximum absolute atomic E-state index is 12.5. The third kappa shape index (κ3) is 5.52. The van der Waals surface area contributed by atoms with Crippen LogP contribution >= 0.6 is 11.6 Å². The van der Waals surface area contributed by atoms with E-state index in [9.17, 15) is 19.2 Å². The van der Waals surface area contributed by atoms with Crippen molar-refractivity contribution < 1.29 is 28.7 Å². The second kappa shape index (κ2) is 9.94. The number of ether oxygens (including phenoxy) is 2. The molecule has 0 unspecified atom stereocenters. The molecule has 1 heterocycles. The van der Waals surface area contributed by atoms with Crippen LogP contribution in [-0.2, 0) is 19.1 Å². The van der Waals surface area contributed by atoms with Crippen molar-refractivity contribution >= 4 is 41.0 Å². The number of nitrogens with zero attached hydrogens (tertiary/aromatic N) is 1. The molecule has 2 aromatic rings. The average Bonchev–Trinajstić information content (AvgIpc) is 3.13. The second-order valence-corrected chi connectivity index (χ2v) is 7.09. The molecule has 1 aliphatic heterocycles. The molecule has 0 radical (unpaired) electrons. The van der Waals surface area contributed by atoms with Crippen molar-refractivity contribution in [1.82, 2.24) is 10.4 Å². The van der Waals surface area contributed by atoms with E-state index in [2.05, 4.69) is 10.7 Å². The molecule has 0 aliphatic carbocycles. The number of hydrazine groups is 1. The molecule has 9 nitrogen and oxygen atoms in total. The van der Waals surface area contributed by atoms with Crippen LogP contribution in [0, 0.1) is 5.92 Å². The van der Waals surface area contributed by atoms with Crippen LogP contribution in [-0.4, -0.2) is 49.0 Å². The molecule has 162 valence electrons. The molecule has 0 bridgehead atoms. The van der Waals surface area contributed by atoms with Crippen LogP contribution in [0.25, 0.3) is 0 Å². The van der Waals surface area contributed by atoms with Gasteiger partial charge in [0, 0.05) is 6.42 Å².